The summed E-state index contributed by atoms with van der Waals surface area (Å²) in [4.78, 5) is 38.0. The lowest BCUT2D eigenvalue weighted by atomic mass is 10.1. The van der Waals surface area contributed by atoms with Crippen molar-refractivity contribution in [3.05, 3.63) is 97.2 Å². The number of hydrogen-bond acceptors (Lipinski definition) is 6. The molecular formula is C59H98O6. The molecular weight excluding hydrogens is 805 g/mol. The maximum atomic E-state index is 12.8. The Morgan fingerprint density at radius 3 is 1.12 bits per heavy atom. The largest absolute Gasteiger partial charge is 0.462 e. The first-order valence-corrected chi connectivity index (χ1v) is 26.8. The SMILES string of the molecule is CC/C=C\C/C=C\C/C=C\CCCC(=O)OCC(COC(=O)CCCCCCC\C=C/C=C\C=C/CCCCCCC)OC(=O)CCCCCCC/C=C\C=C/CCCCCCCCC. The Labute approximate surface area is 400 Å². The second-order valence-corrected chi connectivity index (χ2v) is 17.5. The van der Waals surface area contributed by atoms with Gasteiger partial charge in [-0.15, -0.1) is 0 Å². The molecule has 0 fully saturated rings. The van der Waals surface area contributed by atoms with Crippen LogP contribution in [-0.2, 0) is 28.6 Å². The minimum absolute atomic E-state index is 0.111. The highest BCUT2D eigenvalue weighted by molar-refractivity contribution is 5.71. The molecule has 0 saturated carbocycles. The molecule has 0 bridgehead atoms. The molecule has 0 amide bonds. The molecule has 370 valence electrons. The molecule has 1 atom stereocenters. The van der Waals surface area contributed by atoms with Gasteiger partial charge in [-0.1, -0.05) is 221 Å². The van der Waals surface area contributed by atoms with Crippen LogP contribution in [0.15, 0.2) is 97.2 Å². The van der Waals surface area contributed by atoms with Crippen LogP contribution in [0.5, 0.6) is 0 Å². The quantitative estimate of drug-likeness (QED) is 0.0199. The topological polar surface area (TPSA) is 78.9 Å². The monoisotopic (exact) mass is 903 g/mol. The summed E-state index contributed by atoms with van der Waals surface area (Å²) in [6.45, 7) is 6.42. The van der Waals surface area contributed by atoms with E-state index < -0.39 is 6.10 Å². The van der Waals surface area contributed by atoms with Crippen LogP contribution in [0.25, 0.3) is 0 Å². The molecule has 0 rings (SSSR count). The molecule has 65 heavy (non-hydrogen) atoms. The molecule has 6 nitrogen and oxygen atoms in total. The van der Waals surface area contributed by atoms with Crippen molar-refractivity contribution in [2.45, 2.75) is 245 Å². The lowest BCUT2D eigenvalue weighted by Crippen LogP contribution is -2.30. The van der Waals surface area contributed by atoms with Crippen molar-refractivity contribution in [2.24, 2.45) is 0 Å². The van der Waals surface area contributed by atoms with Crippen molar-refractivity contribution in [3.8, 4) is 0 Å². The van der Waals surface area contributed by atoms with Gasteiger partial charge in [-0.2, -0.15) is 0 Å². The van der Waals surface area contributed by atoms with Gasteiger partial charge in [0.1, 0.15) is 13.2 Å². The highest BCUT2D eigenvalue weighted by Crippen LogP contribution is 2.13. The minimum Gasteiger partial charge on any atom is -0.462 e. The number of rotatable bonds is 47. The summed E-state index contributed by atoms with van der Waals surface area (Å²) in [6.07, 6.45) is 69.7. The summed E-state index contributed by atoms with van der Waals surface area (Å²) >= 11 is 0. The van der Waals surface area contributed by atoms with Crippen molar-refractivity contribution in [2.75, 3.05) is 13.2 Å². The van der Waals surface area contributed by atoms with Gasteiger partial charge in [0.15, 0.2) is 6.10 Å². The van der Waals surface area contributed by atoms with Gasteiger partial charge in [-0.05, 0) is 96.3 Å². The van der Waals surface area contributed by atoms with Crippen LogP contribution in [-0.4, -0.2) is 37.2 Å². The smallest absolute Gasteiger partial charge is 0.306 e. The van der Waals surface area contributed by atoms with E-state index in [-0.39, 0.29) is 37.5 Å². The Kier molecular flexibility index (Phi) is 50.0. The van der Waals surface area contributed by atoms with Gasteiger partial charge in [-0.25, -0.2) is 0 Å². The van der Waals surface area contributed by atoms with Crippen LogP contribution < -0.4 is 0 Å². The van der Waals surface area contributed by atoms with E-state index in [1.165, 1.54) is 83.5 Å². The highest BCUT2D eigenvalue weighted by atomic mass is 16.6. The van der Waals surface area contributed by atoms with Gasteiger partial charge in [-0.3, -0.25) is 14.4 Å². The predicted molar refractivity (Wildman–Crippen MR) is 279 cm³/mol. The summed E-state index contributed by atoms with van der Waals surface area (Å²) in [5.41, 5.74) is 0. The minimum atomic E-state index is -0.815. The Balaban J connectivity index is 4.48. The molecule has 0 saturated heterocycles. The highest BCUT2D eigenvalue weighted by Gasteiger charge is 2.19. The van der Waals surface area contributed by atoms with Crippen molar-refractivity contribution >= 4 is 17.9 Å². The molecule has 1 unspecified atom stereocenters. The van der Waals surface area contributed by atoms with E-state index in [9.17, 15) is 14.4 Å². The fraction of sp³-hybridized carbons (Fsp3) is 0.678. The molecule has 0 aliphatic heterocycles. The third-order valence-electron chi connectivity index (χ3n) is 11.1. The Hall–Kier alpha value is -3.67. The molecule has 0 aliphatic carbocycles. The van der Waals surface area contributed by atoms with Crippen LogP contribution in [0, 0.1) is 0 Å². The van der Waals surface area contributed by atoms with E-state index in [1.54, 1.807) is 0 Å². The molecule has 0 N–H and O–H groups in total. The van der Waals surface area contributed by atoms with Crippen molar-refractivity contribution in [3.63, 3.8) is 0 Å². The zero-order chi connectivity index (χ0) is 47.2. The van der Waals surface area contributed by atoms with Crippen LogP contribution in [0.4, 0.5) is 0 Å². The summed E-state index contributed by atoms with van der Waals surface area (Å²) < 4.78 is 16.7. The van der Waals surface area contributed by atoms with E-state index in [1.807, 2.05) is 0 Å². The number of ether oxygens (including phenoxy) is 3. The van der Waals surface area contributed by atoms with Crippen LogP contribution >= 0.6 is 0 Å². The van der Waals surface area contributed by atoms with Gasteiger partial charge in [0.2, 0.25) is 0 Å². The normalized spacial score (nSPS) is 12.8. The van der Waals surface area contributed by atoms with Gasteiger partial charge >= 0.3 is 17.9 Å². The summed E-state index contributed by atoms with van der Waals surface area (Å²) in [7, 11) is 0. The van der Waals surface area contributed by atoms with E-state index in [4.69, 9.17) is 14.2 Å². The number of allylic oxidation sites excluding steroid dienone is 16. The second kappa shape index (κ2) is 52.9. The number of hydrogen-bond donors (Lipinski definition) is 0. The Morgan fingerprint density at radius 1 is 0.338 bits per heavy atom. The summed E-state index contributed by atoms with van der Waals surface area (Å²) in [5, 5.41) is 0. The molecule has 0 aromatic heterocycles. The van der Waals surface area contributed by atoms with E-state index in [0.717, 1.165) is 109 Å². The summed E-state index contributed by atoms with van der Waals surface area (Å²) in [6, 6.07) is 0. The van der Waals surface area contributed by atoms with Crippen molar-refractivity contribution in [1.29, 1.82) is 0 Å². The first-order valence-electron chi connectivity index (χ1n) is 26.8. The average molecular weight is 903 g/mol. The first-order chi connectivity index (χ1) is 32.0. The van der Waals surface area contributed by atoms with Crippen molar-refractivity contribution in [1.82, 2.24) is 0 Å². The molecule has 0 aromatic rings. The second-order valence-electron chi connectivity index (χ2n) is 17.5. The number of unbranched alkanes of at least 4 members (excludes halogenated alkanes) is 23. The van der Waals surface area contributed by atoms with Gasteiger partial charge in [0.25, 0.3) is 0 Å². The Morgan fingerprint density at radius 2 is 0.677 bits per heavy atom. The molecule has 0 heterocycles. The molecule has 0 radical (unpaired) electrons. The number of carbonyl (C=O) groups excluding carboxylic acids is 3. The zero-order valence-electron chi connectivity index (χ0n) is 42.2. The molecule has 0 aromatic carbocycles. The molecule has 0 aliphatic rings. The van der Waals surface area contributed by atoms with Gasteiger partial charge < -0.3 is 14.2 Å². The van der Waals surface area contributed by atoms with E-state index >= 15 is 0 Å². The zero-order valence-corrected chi connectivity index (χ0v) is 42.2. The number of esters is 3. The molecule has 6 heteroatoms. The lowest BCUT2D eigenvalue weighted by molar-refractivity contribution is -0.167. The maximum Gasteiger partial charge on any atom is 0.306 e. The third kappa shape index (κ3) is 51.2. The third-order valence-corrected chi connectivity index (χ3v) is 11.1. The van der Waals surface area contributed by atoms with Gasteiger partial charge in [0.05, 0.1) is 0 Å². The van der Waals surface area contributed by atoms with Crippen molar-refractivity contribution < 1.29 is 28.6 Å². The molecule has 0 spiro atoms. The fourth-order valence-corrected chi connectivity index (χ4v) is 7.10. The Bertz CT molecular complexity index is 1310. The summed E-state index contributed by atoms with van der Waals surface area (Å²) in [5.74, 6) is -1.00. The van der Waals surface area contributed by atoms with Crippen LogP contribution in [0.3, 0.4) is 0 Å². The maximum absolute atomic E-state index is 12.8. The van der Waals surface area contributed by atoms with Crippen LogP contribution in [0.2, 0.25) is 0 Å². The average Bonchev–Trinajstić information content (AvgIpc) is 3.30. The van der Waals surface area contributed by atoms with Gasteiger partial charge in [0, 0.05) is 19.3 Å². The fourth-order valence-electron chi connectivity index (χ4n) is 7.10. The standard InChI is InChI=1S/C59H98O6/c1-4-7-10-13-16-19-22-24-26-28-30-32-34-37-40-43-46-49-52-58(61)64-55-56(54-63-57(60)51-48-45-42-39-36-21-18-15-12-9-6-3)65-59(62)53-50-47-44-41-38-35-33-31-29-27-25-23-20-17-14-11-8-5-2/h9,12,18,21-22,24,26-33,39,42,56H,4-8,10-11,13-17,19-20,23,25,34-38,40-41,43-55H2,1-3H3/b12-9-,21-18-,24-22-,28-26-,29-27-,32-30-,33-31-,42-39-. The first kappa shape index (κ1) is 61.3. The lowest BCUT2D eigenvalue weighted by Gasteiger charge is -2.18. The number of carbonyl (C=O) groups is 3. The van der Waals surface area contributed by atoms with E-state index in [0.29, 0.717) is 19.3 Å². The van der Waals surface area contributed by atoms with Crippen LogP contribution in [0.1, 0.15) is 239 Å². The predicted octanol–water partition coefficient (Wildman–Crippen LogP) is 17.8. The van der Waals surface area contributed by atoms with E-state index in [2.05, 4.69) is 118 Å².